The number of hydrogen-bond acceptors (Lipinski definition) is 13. The molecule has 16 heteroatoms. The number of hydrogen-bond donors (Lipinski definition) is 2. The second-order valence-corrected chi connectivity index (χ2v) is 10.8. The zero-order valence-electron chi connectivity index (χ0n) is 28.7. The largest absolute Gasteiger partial charge is 0.379 e. The van der Waals surface area contributed by atoms with Gasteiger partial charge in [-0.05, 0) is 12.8 Å². The molecule has 0 aromatic rings. The van der Waals surface area contributed by atoms with Gasteiger partial charge in [0.25, 0.3) is 11.8 Å². The summed E-state index contributed by atoms with van der Waals surface area (Å²) in [6.07, 6.45) is 2.62. The fourth-order valence-corrected chi connectivity index (χ4v) is 4.01. The lowest BCUT2D eigenvalue weighted by atomic mass is 10.0. The van der Waals surface area contributed by atoms with Crippen LogP contribution in [0.25, 0.3) is 0 Å². The van der Waals surface area contributed by atoms with Crippen molar-refractivity contribution >= 4 is 29.4 Å². The normalized spacial score (nSPS) is 13.5. The summed E-state index contributed by atoms with van der Waals surface area (Å²) >= 11 is 0. The first-order valence-electron chi connectivity index (χ1n) is 16.4. The first-order valence-corrected chi connectivity index (χ1v) is 16.4. The van der Waals surface area contributed by atoms with Gasteiger partial charge < -0.3 is 48.5 Å². The molecule has 1 heterocycles. The SMILES string of the molecule is CC(=O)C(NC(=O)CCOCCOCCOCCOCCOCCOCCOCCOCCNC(=O)CCN1C(=O)C=CC1=O)C(C)C. The van der Waals surface area contributed by atoms with E-state index >= 15 is 0 Å². The van der Waals surface area contributed by atoms with E-state index in [1.165, 1.54) is 19.1 Å². The number of nitrogens with zero attached hydrogens (tertiary/aromatic N) is 1. The zero-order chi connectivity index (χ0) is 35.2. The van der Waals surface area contributed by atoms with Crippen molar-refractivity contribution in [1.29, 1.82) is 0 Å². The van der Waals surface area contributed by atoms with Crippen LogP contribution in [0.4, 0.5) is 0 Å². The van der Waals surface area contributed by atoms with Crippen LogP contribution in [0.5, 0.6) is 0 Å². The first kappa shape index (κ1) is 43.2. The van der Waals surface area contributed by atoms with Crippen molar-refractivity contribution in [2.24, 2.45) is 5.92 Å². The van der Waals surface area contributed by atoms with Gasteiger partial charge in [-0.2, -0.15) is 0 Å². The number of imide groups is 1. The van der Waals surface area contributed by atoms with Crippen LogP contribution in [0.1, 0.15) is 33.6 Å². The summed E-state index contributed by atoms with van der Waals surface area (Å²) < 4.78 is 43.4. The predicted molar refractivity (Wildman–Crippen MR) is 172 cm³/mol. The minimum Gasteiger partial charge on any atom is -0.379 e. The Morgan fingerprint density at radius 1 is 0.583 bits per heavy atom. The van der Waals surface area contributed by atoms with Gasteiger partial charge in [0.2, 0.25) is 11.8 Å². The van der Waals surface area contributed by atoms with Crippen LogP contribution in [0.15, 0.2) is 12.2 Å². The van der Waals surface area contributed by atoms with Crippen molar-refractivity contribution in [3.63, 3.8) is 0 Å². The molecule has 0 spiro atoms. The molecule has 1 rings (SSSR count). The molecule has 4 amide bonds. The Labute approximate surface area is 283 Å². The molecular formula is C32H55N3O13. The Morgan fingerprint density at radius 2 is 0.958 bits per heavy atom. The number of nitrogens with one attached hydrogen (secondary N) is 2. The standard InChI is InChI=1S/C32H55N3O13/c1-26(2)32(27(3)36)34-29(38)7-10-41-12-14-43-16-18-45-20-22-47-24-25-48-23-21-46-19-17-44-15-13-42-11-8-33-28(37)6-9-35-30(39)4-5-31(35)40/h4-5,26,32H,6-25H2,1-3H3,(H,33,37)(H,34,38). The molecule has 0 aliphatic carbocycles. The van der Waals surface area contributed by atoms with Gasteiger partial charge >= 0.3 is 0 Å². The summed E-state index contributed by atoms with van der Waals surface area (Å²) in [5, 5.41) is 5.40. The average Bonchev–Trinajstić information content (AvgIpc) is 3.37. The van der Waals surface area contributed by atoms with Gasteiger partial charge in [-0.15, -0.1) is 0 Å². The predicted octanol–water partition coefficient (Wildman–Crippen LogP) is -0.330. The fourth-order valence-electron chi connectivity index (χ4n) is 4.01. The summed E-state index contributed by atoms with van der Waals surface area (Å²) in [6, 6.07) is -0.465. The second kappa shape index (κ2) is 29.1. The molecular weight excluding hydrogens is 634 g/mol. The minimum atomic E-state index is -0.465. The van der Waals surface area contributed by atoms with E-state index < -0.39 is 17.9 Å². The van der Waals surface area contributed by atoms with Crippen molar-refractivity contribution < 1.29 is 61.9 Å². The molecule has 1 unspecified atom stereocenters. The Balaban J connectivity index is 1.71. The molecule has 0 saturated carbocycles. The molecule has 0 radical (unpaired) electrons. The quantitative estimate of drug-likeness (QED) is 0.0675. The van der Waals surface area contributed by atoms with Crippen molar-refractivity contribution in [2.45, 2.75) is 39.7 Å². The van der Waals surface area contributed by atoms with E-state index in [4.69, 9.17) is 37.9 Å². The number of ether oxygens (including phenoxy) is 8. The summed E-state index contributed by atoms with van der Waals surface area (Å²) in [5.74, 6) is -1.28. The highest BCUT2D eigenvalue weighted by Gasteiger charge is 2.23. The summed E-state index contributed by atoms with van der Waals surface area (Å²) in [5.41, 5.74) is 0. The van der Waals surface area contributed by atoms with Crippen LogP contribution in [-0.4, -0.2) is 159 Å². The van der Waals surface area contributed by atoms with Gasteiger partial charge in [-0.25, -0.2) is 0 Å². The molecule has 276 valence electrons. The van der Waals surface area contributed by atoms with E-state index in [0.29, 0.717) is 106 Å². The third kappa shape index (κ3) is 23.5. The molecule has 16 nitrogen and oxygen atoms in total. The maximum atomic E-state index is 11.9. The Morgan fingerprint density at radius 3 is 1.33 bits per heavy atom. The lowest BCUT2D eigenvalue weighted by molar-refractivity contribution is -0.137. The fraction of sp³-hybridized carbons (Fsp3) is 0.781. The molecule has 0 fully saturated rings. The van der Waals surface area contributed by atoms with Crippen molar-refractivity contribution in [1.82, 2.24) is 15.5 Å². The van der Waals surface area contributed by atoms with Crippen LogP contribution in [0, 0.1) is 5.92 Å². The number of Topliss-reactive ketones (excluding diaryl/α,β-unsaturated/α-hetero) is 1. The zero-order valence-corrected chi connectivity index (χ0v) is 28.7. The Hall–Kier alpha value is -2.83. The van der Waals surface area contributed by atoms with Gasteiger partial charge in [-0.1, -0.05) is 13.8 Å². The number of carbonyl (C=O) groups is 5. The van der Waals surface area contributed by atoms with Gasteiger partial charge in [0, 0.05) is 38.1 Å². The number of ketones is 1. The second-order valence-electron chi connectivity index (χ2n) is 10.8. The van der Waals surface area contributed by atoms with Crippen LogP contribution in [0.2, 0.25) is 0 Å². The molecule has 1 aliphatic rings. The average molecular weight is 690 g/mol. The Bertz CT molecular complexity index is 930. The van der Waals surface area contributed by atoms with E-state index in [2.05, 4.69) is 10.6 Å². The van der Waals surface area contributed by atoms with Crippen molar-refractivity contribution in [3.8, 4) is 0 Å². The lowest BCUT2D eigenvalue weighted by Crippen LogP contribution is -2.43. The number of rotatable bonds is 33. The van der Waals surface area contributed by atoms with Crippen LogP contribution >= 0.6 is 0 Å². The van der Waals surface area contributed by atoms with Crippen molar-refractivity contribution in [3.05, 3.63) is 12.2 Å². The van der Waals surface area contributed by atoms with E-state index in [0.717, 1.165) is 4.90 Å². The molecule has 1 aliphatic heterocycles. The maximum Gasteiger partial charge on any atom is 0.253 e. The van der Waals surface area contributed by atoms with E-state index in [1.54, 1.807) is 0 Å². The third-order valence-corrected chi connectivity index (χ3v) is 6.53. The molecule has 0 aromatic heterocycles. The highest BCUT2D eigenvalue weighted by Crippen LogP contribution is 2.04. The lowest BCUT2D eigenvalue weighted by Gasteiger charge is -2.19. The van der Waals surface area contributed by atoms with Crippen LogP contribution < -0.4 is 10.6 Å². The highest BCUT2D eigenvalue weighted by atomic mass is 16.6. The topological polar surface area (TPSA) is 186 Å². The van der Waals surface area contributed by atoms with Crippen LogP contribution in [-0.2, 0) is 61.9 Å². The maximum absolute atomic E-state index is 11.9. The summed E-state index contributed by atoms with van der Waals surface area (Å²) in [6.45, 7) is 12.2. The van der Waals surface area contributed by atoms with Gasteiger partial charge in [0.05, 0.1) is 112 Å². The van der Waals surface area contributed by atoms with E-state index in [1.807, 2.05) is 13.8 Å². The van der Waals surface area contributed by atoms with Gasteiger partial charge in [-0.3, -0.25) is 28.9 Å². The monoisotopic (exact) mass is 689 g/mol. The summed E-state index contributed by atoms with van der Waals surface area (Å²) in [7, 11) is 0. The summed E-state index contributed by atoms with van der Waals surface area (Å²) in [4.78, 5) is 59.1. The van der Waals surface area contributed by atoms with Crippen LogP contribution in [0.3, 0.4) is 0 Å². The first-order chi connectivity index (χ1) is 23.2. The minimum absolute atomic E-state index is 0.0453. The van der Waals surface area contributed by atoms with E-state index in [9.17, 15) is 24.0 Å². The molecule has 0 bridgehead atoms. The third-order valence-electron chi connectivity index (χ3n) is 6.53. The highest BCUT2D eigenvalue weighted by molar-refractivity contribution is 6.13. The molecule has 2 N–H and O–H groups in total. The van der Waals surface area contributed by atoms with Gasteiger partial charge in [0.15, 0.2) is 5.78 Å². The Kier molecular flexibility index (Phi) is 26.2. The van der Waals surface area contributed by atoms with E-state index in [-0.39, 0.29) is 49.5 Å². The molecule has 0 aromatic carbocycles. The van der Waals surface area contributed by atoms with Gasteiger partial charge in [0.1, 0.15) is 0 Å². The smallest absolute Gasteiger partial charge is 0.253 e. The molecule has 0 saturated heterocycles. The number of carbonyl (C=O) groups excluding carboxylic acids is 5. The molecule has 48 heavy (non-hydrogen) atoms. The number of amides is 4. The molecule has 1 atom stereocenters. The van der Waals surface area contributed by atoms with Crippen molar-refractivity contribution in [2.75, 3.05) is 119 Å².